The van der Waals surface area contributed by atoms with Crippen LogP contribution in [-0.4, -0.2) is 23.4 Å². The first kappa shape index (κ1) is 13.3. The van der Waals surface area contributed by atoms with Gasteiger partial charge in [0.25, 0.3) is 0 Å². The van der Waals surface area contributed by atoms with Crippen LogP contribution in [0.1, 0.15) is 40.5 Å². The van der Waals surface area contributed by atoms with Crippen molar-refractivity contribution in [2.45, 2.75) is 57.4 Å². The summed E-state index contributed by atoms with van der Waals surface area (Å²) in [5, 5.41) is 3.46. The smallest absolute Gasteiger partial charge is 0.0264 e. The van der Waals surface area contributed by atoms with Gasteiger partial charge in [0.2, 0.25) is 0 Å². The molecule has 0 amide bonds. The Morgan fingerprint density at radius 3 is 2.23 bits per heavy atom. The highest BCUT2D eigenvalue weighted by Crippen LogP contribution is 2.23. The van der Waals surface area contributed by atoms with Crippen LogP contribution in [0.2, 0.25) is 0 Å². The first-order valence-electron chi connectivity index (χ1n) is 5.12. The molecule has 0 heterocycles. The molecule has 2 unspecified atom stereocenters. The van der Waals surface area contributed by atoms with E-state index < -0.39 is 0 Å². The molecular weight excluding hydrogens is 180 g/mol. The first-order chi connectivity index (χ1) is 5.93. The van der Waals surface area contributed by atoms with Crippen molar-refractivity contribution >= 4 is 12.6 Å². The van der Waals surface area contributed by atoms with E-state index >= 15 is 0 Å². The Hall–Kier alpha value is 0.270. The second kappa shape index (κ2) is 5.89. The summed E-state index contributed by atoms with van der Waals surface area (Å²) in [6.07, 6.45) is 2.05. The van der Waals surface area contributed by atoms with Crippen LogP contribution in [0.25, 0.3) is 0 Å². The molecule has 0 radical (unpaired) electrons. The molecule has 0 aromatic carbocycles. The Morgan fingerprint density at radius 2 is 1.92 bits per heavy atom. The third kappa shape index (κ3) is 5.55. The molecule has 0 aliphatic carbocycles. The Bertz CT molecular complexity index is 133. The highest BCUT2D eigenvalue weighted by atomic mass is 32.1. The molecule has 0 aromatic heterocycles. The lowest BCUT2D eigenvalue weighted by Crippen LogP contribution is -2.41. The zero-order valence-electron chi connectivity index (χ0n) is 9.30. The number of rotatable bonds is 6. The normalized spacial score (nSPS) is 18.7. The number of hydrogen-bond acceptors (Lipinski definition) is 3. The third-order valence-electron chi connectivity index (χ3n) is 2.34. The van der Waals surface area contributed by atoms with Gasteiger partial charge in [0, 0.05) is 23.4 Å². The van der Waals surface area contributed by atoms with E-state index in [1.54, 1.807) is 0 Å². The summed E-state index contributed by atoms with van der Waals surface area (Å²) in [6.45, 7) is 9.30. The van der Waals surface area contributed by atoms with Gasteiger partial charge in [0.1, 0.15) is 0 Å². The van der Waals surface area contributed by atoms with E-state index in [0.717, 1.165) is 12.8 Å². The summed E-state index contributed by atoms with van der Waals surface area (Å²) in [5.74, 6) is 0. The fourth-order valence-corrected chi connectivity index (χ4v) is 1.84. The summed E-state index contributed by atoms with van der Waals surface area (Å²) in [4.78, 5) is 0. The number of nitrogens with one attached hydrogen (secondary N) is 1. The quantitative estimate of drug-likeness (QED) is 0.577. The van der Waals surface area contributed by atoms with Crippen molar-refractivity contribution in [3.8, 4) is 0 Å². The van der Waals surface area contributed by atoms with Crippen LogP contribution >= 0.6 is 12.6 Å². The van der Waals surface area contributed by atoms with E-state index in [9.17, 15) is 0 Å². The van der Waals surface area contributed by atoms with E-state index in [2.05, 4.69) is 45.6 Å². The molecule has 2 nitrogen and oxygen atoms in total. The van der Waals surface area contributed by atoms with Gasteiger partial charge < -0.3 is 11.1 Å². The lowest BCUT2D eigenvalue weighted by atomic mass is 9.96. The van der Waals surface area contributed by atoms with Crippen LogP contribution in [0.4, 0.5) is 0 Å². The van der Waals surface area contributed by atoms with Crippen LogP contribution in [0.15, 0.2) is 0 Å². The zero-order chi connectivity index (χ0) is 10.5. The number of hydrogen-bond donors (Lipinski definition) is 3. The maximum Gasteiger partial charge on any atom is 0.0264 e. The van der Waals surface area contributed by atoms with E-state index in [1.807, 2.05) is 0 Å². The van der Waals surface area contributed by atoms with Crippen molar-refractivity contribution in [1.82, 2.24) is 5.32 Å². The average Bonchev–Trinajstić information content (AvgIpc) is 2.02. The molecule has 3 N–H and O–H groups in total. The second-order valence-electron chi connectivity index (χ2n) is 4.21. The molecule has 0 fully saturated rings. The maximum absolute atomic E-state index is 5.69. The molecule has 0 saturated carbocycles. The van der Waals surface area contributed by atoms with Crippen molar-refractivity contribution < 1.29 is 0 Å². The molecule has 0 aromatic rings. The minimum atomic E-state index is 0.00130. The Balaban J connectivity index is 3.94. The SMILES string of the molecule is CCC(S)(CN)CC(C)NC(C)C. The summed E-state index contributed by atoms with van der Waals surface area (Å²) in [7, 11) is 0. The molecule has 3 heteroatoms. The highest BCUT2D eigenvalue weighted by molar-refractivity contribution is 7.81. The molecule has 0 spiro atoms. The summed E-state index contributed by atoms with van der Waals surface area (Å²) in [6, 6.07) is 1.02. The first-order valence-corrected chi connectivity index (χ1v) is 5.56. The van der Waals surface area contributed by atoms with Gasteiger partial charge in [-0.05, 0) is 19.8 Å². The largest absolute Gasteiger partial charge is 0.329 e. The van der Waals surface area contributed by atoms with Crippen LogP contribution in [-0.2, 0) is 0 Å². The van der Waals surface area contributed by atoms with E-state index in [1.165, 1.54) is 0 Å². The second-order valence-corrected chi connectivity index (χ2v) is 5.16. The van der Waals surface area contributed by atoms with E-state index in [0.29, 0.717) is 18.6 Å². The fraction of sp³-hybridized carbons (Fsp3) is 1.00. The molecule has 0 aliphatic rings. The summed E-state index contributed by atoms with van der Waals surface area (Å²) in [5.41, 5.74) is 5.69. The lowest BCUT2D eigenvalue weighted by molar-refractivity contribution is 0.405. The summed E-state index contributed by atoms with van der Waals surface area (Å²) >= 11 is 4.62. The Labute approximate surface area is 88.1 Å². The van der Waals surface area contributed by atoms with Gasteiger partial charge in [-0.3, -0.25) is 0 Å². The molecule has 0 aliphatic heterocycles. The molecule has 80 valence electrons. The molecule has 2 atom stereocenters. The Kier molecular flexibility index (Phi) is 6.01. The zero-order valence-corrected chi connectivity index (χ0v) is 10.2. The molecule has 0 rings (SSSR count). The maximum atomic E-state index is 5.69. The number of nitrogens with two attached hydrogens (primary N) is 1. The van der Waals surface area contributed by atoms with Crippen LogP contribution in [0, 0.1) is 0 Å². The van der Waals surface area contributed by atoms with Gasteiger partial charge in [-0.1, -0.05) is 20.8 Å². The van der Waals surface area contributed by atoms with Crippen molar-refractivity contribution in [3.05, 3.63) is 0 Å². The van der Waals surface area contributed by atoms with Gasteiger partial charge >= 0.3 is 0 Å². The van der Waals surface area contributed by atoms with E-state index in [4.69, 9.17) is 5.73 Å². The molecule has 0 saturated heterocycles. The van der Waals surface area contributed by atoms with Crippen LogP contribution < -0.4 is 11.1 Å². The average molecular weight is 204 g/mol. The predicted molar refractivity (Wildman–Crippen MR) is 63.4 cm³/mol. The van der Waals surface area contributed by atoms with Gasteiger partial charge in [-0.2, -0.15) is 12.6 Å². The van der Waals surface area contributed by atoms with Gasteiger partial charge in [0.15, 0.2) is 0 Å². The van der Waals surface area contributed by atoms with Crippen LogP contribution in [0.5, 0.6) is 0 Å². The van der Waals surface area contributed by atoms with Crippen molar-refractivity contribution in [3.63, 3.8) is 0 Å². The predicted octanol–water partition coefficient (Wildman–Crippen LogP) is 1.80. The third-order valence-corrected chi connectivity index (χ3v) is 3.02. The van der Waals surface area contributed by atoms with Crippen molar-refractivity contribution in [2.24, 2.45) is 5.73 Å². The molecule has 0 bridgehead atoms. The van der Waals surface area contributed by atoms with Crippen LogP contribution in [0.3, 0.4) is 0 Å². The van der Waals surface area contributed by atoms with Crippen molar-refractivity contribution in [2.75, 3.05) is 6.54 Å². The van der Waals surface area contributed by atoms with E-state index in [-0.39, 0.29) is 4.75 Å². The van der Waals surface area contributed by atoms with Gasteiger partial charge in [-0.15, -0.1) is 0 Å². The Morgan fingerprint density at radius 1 is 1.38 bits per heavy atom. The fourth-order valence-electron chi connectivity index (χ4n) is 1.57. The minimum absolute atomic E-state index is 0.00130. The van der Waals surface area contributed by atoms with Gasteiger partial charge in [0.05, 0.1) is 0 Å². The lowest BCUT2D eigenvalue weighted by Gasteiger charge is -2.30. The van der Waals surface area contributed by atoms with Crippen molar-refractivity contribution in [1.29, 1.82) is 0 Å². The number of thiol groups is 1. The molecular formula is C10H24N2S. The molecule has 13 heavy (non-hydrogen) atoms. The topological polar surface area (TPSA) is 38.0 Å². The minimum Gasteiger partial charge on any atom is -0.329 e. The van der Waals surface area contributed by atoms with Gasteiger partial charge in [-0.25, -0.2) is 0 Å². The summed E-state index contributed by atoms with van der Waals surface area (Å²) < 4.78 is 0.00130. The monoisotopic (exact) mass is 204 g/mol. The highest BCUT2D eigenvalue weighted by Gasteiger charge is 2.24. The standard InChI is InChI=1S/C10H24N2S/c1-5-10(13,7-11)6-9(4)12-8(2)3/h8-9,12-13H,5-7,11H2,1-4H3.